The van der Waals surface area contributed by atoms with Crippen LogP contribution in [0.5, 0.6) is 0 Å². The van der Waals surface area contributed by atoms with Crippen LogP contribution in [-0.2, 0) is 9.53 Å². The van der Waals surface area contributed by atoms with Crippen molar-refractivity contribution in [3.8, 4) is 0 Å². The molecule has 3 heterocycles. The van der Waals surface area contributed by atoms with Crippen LogP contribution in [0.3, 0.4) is 0 Å². The molecule has 7 heteroatoms. The summed E-state index contributed by atoms with van der Waals surface area (Å²) in [5.74, 6) is 0.536. The number of nitrogens with one attached hydrogen (secondary N) is 1. The molecular weight excluding hydrogens is 330 g/mol. The van der Waals surface area contributed by atoms with Gasteiger partial charge in [-0.2, -0.15) is 0 Å². The van der Waals surface area contributed by atoms with Crippen molar-refractivity contribution in [3.63, 3.8) is 0 Å². The van der Waals surface area contributed by atoms with Gasteiger partial charge >= 0.3 is 0 Å². The highest BCUT2D eigenvalue weighted by atomic mass is 16.5. The minimum atomic E-state index is 0.536. The molecule has 0 aromatic carbocycles. The van der Waals surface area contributed by atoms with Gasteiger partial charge in [0, 0.05) is 19.3 Å². The number of nitrogens with zero attached hydrogens (tertiary/aromatic N) is 3. The first-order valence-corrected chi connectivity index (χ1v) is 8.84. The molecule has 2 aromatic rings. The summed E-state index contributed by atoms with van der Waals surface area (Å²) in [6.45, 7) is 11.2. The van der Waals surface area contributed by atoms with E-state index in [0.717, 1.165) is 23.2 Å². The van der Waals surface area contributed by atoms with Crippen molar-refractivity contribution >= 4 is 23.1 Å². The van der Waals surface area contributed by atoms with Crippen LogP contribution < -0.4 is 5.73 Å². The molecule has 1 saturated heterocycles. The van der Waals surface area contributed by atoms with Crippen molar-refractivity contribution in [2.24, 2.45) is 0 Å². The van der Waals surface area contributed by atoms with E-state index in [1.54, 1.807) is 7.11 Å². The Morgan fingerprint density at radius 3 is 2.58 bits per heavy atom. The fourth-order valence-electron chi connectivity index (χ4n) is 2.53. The van der Waals surface area contributed by atoms with Crippen molar-refractivity contribution in [2.75, 3.05) is 33.0 Å². The maximum Gasteiger partial charge on any atom is 0.143 e. The second-order valence-electron chi connectivity index (χ2n) is 5.56. The molecule has 0 amide bonds. The lowest BCUT2D eigenvalue weighted by molar-refractivity contribution is -0.104. The Hall–Kier alpha value is -2.25. The second kappa shape index (κ2) is 14.0. The normalized spacial score (nSPS) is 15.7. The number of hydrogen-bond donors (Lipinski definition) is 2. The number of nitrogens with two attached hydrogens (primary N) is 1. The minimum absolute atomic E-state index is 0.536. The summed E-state index contributed by atoms with van der Waals surface area (Å²) >= 11 is 0. The predicted molar refractivity (Wildman–Crippen MR) is 108 cm³/mol. The zero-order valence-electron chi connectivity index (χ0n) is 16.7. The summed E-state index contributed by atoms with van der Waals surface area (Å²) in [5.41, 5.74) is 7.51. The van der Waals surface area contributed by atoms with Crippen LogP contribution in [0.4, 0.5) is 5.82 Å². The zero-order chi connectivity index (χ0) is 19.9. The number of carbonyl (C=O) groups excluding carboxylic acids is 1. The Bertz CT molecular complexity index is 636. The summed E-state index contributed by atoms with van der Waals surface area (Å²) in [5, 5.41) is 0.924. The van der Waals surface area contributed by atoms with Gasteiger partial charge in [0.1, 0.15) is 24.1 Å². The molecular formula is C19H33N5O2. The van der Waals surface area contributed by atoms with E-state index < -0.39 is 0 Å². The Kier molecular flexibility index (Phi) is 12.8. The number of aryl methyl sites for hydroxylation is 1. The lowest BCUT2D eigenvalue weighted by Crippen LogP contribution is -2.28. The number of aromatic amines is 1. The van der Waals surface area contributed by atoms with E-state index in [2.05, 4.69) is 33.5 Å². The number of anilines is 1. The van der Waals surface area contributed by atoms with Gasteiger partial charge in [-0.1, -0.05) is 20.4 Å². The number of ether oxygens (including phenoxy) is 1. The van der Waals surface area contributed by atoms with E-state index in [-0.39, 0.29) is 0 Å². The van der Waals surface area contributed by atoms with Gasteiger partial charge in [-0.25, -0.2) is 9.97 Å². The van der Waals surface area contributed by atoms with Crippen molar-refractivity contribution in [1.29, 1.82) is 0 Å². The number of likely N-dealkylation sites (N-methyl/N-ethyl adjacent to an activating group) is 1. The molecule has 26 heavy (non-hydrogen) atoms. The quantitative estimate of drug-likeness (QED) is 0.643. The van der Waals surface area contributed by atoms with Gasteiger partial charge in [0.25, 0.3) is 0 Å². The SMILES string of the molecule is C=CC=O.CC.COCC1CCCN1C.Cc1c[nH]c2ncnc(N)c12. The summed E-state index contributed by atoms with van der Waals surface area (Å²) in [7, 11) is 3.93. The van der Waals surface area contributed by atoms with Crippen molar-refractivity contribution in [1.82, 2.24) is 19.9 Å². The predicted octanol–water partition coefficient (Wildman–Crippen LogP) is 2.97. The first-order chi connectivity index (χ1) is 12.5. The molecule has 0 radical (unpaired) electrons. The standard InChI is InChI=1S/C7H8N4.C7H15NO.C3H4O.C2H6/c1-4-2-9-7-5(4)6(8)10-3-11-7;1-8-5-3-4-7(8)6-9-2;1-2-3-4;1-2/h2-3H,1H3,(H3,8,9,10,11);7H,3-6H2,1-2H3;2-3H,1H2;1-2H3. The molecule has 7 nitrogen and oxygen atoms in total. The maximum atomic E-state index is 9.06. The fraction of sp³-hybridized carbons (Fsp3) is 0.526. The largest absolute Gasteiger partial charge is 0.383 e. The maximum absolute atomic E-state index is 9.06. The van der Waals surface area contributed by atoms with Crippen LogP contribution in [0.2, 0.25) is 0 Å². The summed E-state index contributed by atoms with van der Waals surface area (Å²) in [6, 6.07) is 0.690. The van der Waals surface area contributed by atoms with Gasteiger partial charge in [0.05, 0.1) is 12.0 Å². The number of carbonyl (C=O) groups is 1. The van der Waals surface area contributed by atoms with E-state index in [1.807, 2.05) is 27.0 Å². The average molecular weight is 364 g/mol. The first-order valence-electron chi connectivity index (χ1n) is 8.84. The molecule has 0 aliphatic carbocycles. The van der Waals surface area contributed by atoms with Gasteiger partial charge < -0.3 is 20.4 Å². The van der Waals surface area contributed by atoms with E-state index in [9.17, 15) is 0 Å². The second-order valence-corrected chi connectivity index (χ2v) is 5.56. The number of methoxy groups -OCH3 is 1. The number of nitrogen functional groups attached to an aromatic ring is 1. The van der Waals surface area contributed by atoms with Crippen LogP contribution in [0, 0.1) is 6.92 Å². The van der Waals surface area contributed by atoms with Gasteiger partial charge in [0.2, 0.25) is 0 Å². The molecule has 146 valence electrons. The number of allylic oxidation sites excluding steroid dienone is 1. The van der Waals surface area contributed by atoms with Crippen LogP contribution >= 0.6 is 0 Å². The van der Waals surface area contributed by atoms with Gasteiger partial charge in [-0.05, 0) is 45.0 Å². The fourth-order valence-corrected chi connectivity index (χ4v) is 2.53. The van der Waals surface area contributed by atoms with Crippen molar-refractivity contribution < 1.29 is 9.53 Å². The number of aldehydes is 1. The summed E-state index contributed by atoms with van der Waals surface area (Å²) in [4.78, 5) is 22.3. The van der Waals surface area contributed by atoms with Crippen LogP contribution in [0.1, 0.15) is 32.3 Å². The van der Waals surface area contributed by atoms with E-state index in [0.29, 0.717) is 18.1 Å². The van der Waals surface area contributed by atoms with Crippen LogP contribution in [-0.4, -0.2) is 59.5 Å². The molecule has 3 N–H and O–H groups in total. The monoisotopic (exact) mass is 363 g/mol. The third-order valence-electron chi connectivity index (χ3n) is 3.82. The van der Waals surface area contributed by atoms with Crippen LogP contribution in [0.25, 0.3) is 11.0 Å². The Morgan fingerprint density at radius 1 is 1.46 bits per heavy atom. The number of likely N-dealkylation sites (tertiary alicyclic amines) is 1. The highest BCUT2D eigenvalue weighted by Crippen LogP contribution is 2.18. The molecule has 1 aliphatic rings. The van der Waals surface area contributed by atoms with Crippen molar-refractivity contribution in [3.05, 3.63) is 30.7 Å². The molecule has 1 unspecified atom stereocenters. The molecule has 1 aliphatic heterocycles. The number of rotatable bonds is 3. The lowest BCUT2D eigenvalue weighted by atomic mass is 10.2. The van der Waals surface area contributed by atoms with Gasteiger partial charge in [-0.15, -0.1) is 0 Å². The van der Waals surface area contributed by atoms with E-state index in [1.165, 1.54) is 31.8 Å². The Morgan fingerprint density at radius 2 is 2.12 bits per heavy atom. The summed E-state index contributed by atoms with van der Waals surface area (Å²) in [6.07, 6.45) is 7.80. The molecule has 0 saturated carbocycles. The van der Waals surface area contributed by atoms with Crippen molar-refractivity contribution in [2.45, 2.75) is 39.7 Å². The number of aromatic nitrogens is 3. The molecule has 3 rings (SSSR count). The average Bonchev–Trinajstić information content (AvgIpc) is 3.25. The first kappa shape index (κ1) is 23.8. The highest BCUT2D eigenvalue weighted by molar-refractivity contribution is 5.88. The van der Waals surface area contributed by atoms with Crippen LogP contribution in [0.15, 0.2) is 25.2 Å². The lowest BCUT2D eigenvalue weighted by Gasteiger charge is -2.17. The van der Waals surface area contributed by atoms with E-state index >= 15 is 0 Å². The third-order valence-corrected chi connectivity index (χ3v) is 3.82. The highest BCUT2D eigenvalue weighted by Gasteiger charge is 2.19. The Balaban J connectivity index is 0.000000377. The third kappa shape index (κ3) is 7.76. The number of fused-ring (bicyclic) bond motifs is 1. The summed E-state index contributed by atoms with van der Waals surface area (Å²) < 4.78 is 5.05. The number of H-pyrrole nitrogens is 1. The molecule has 1 atom stereocenters. The zero-order valence-corrected chi connectivity index (χ0v) is 16.7. The molecule has 2 aromatic heterocycles. The molecule has 0 bridgehead atoms. The van der Waals surface area contributed by atoms with Gasteiger partial charge in [0.15, 0.2) is 0 Å². The Labute approximate surface area is 156 Å². The topological polar surface area (TPSA) is 97.1 Å². The van der Waals surface area contributed by atoms with Gasteiger partial charge in [-0.3, -0.25) is 4.79 Å². The minimum Gasteiger partial charge on any atom is -0.383 e. The molecule has 0 spiro atoms. The number of hydrogen-bond acceptors (Lipinski definition) is 6. The smallest absolute Gasteiger partial charge is 0.143 e. The molecule has 1 fully saturated rings. The van der Waals surface area contributed by atoms with E-state index in [4.69, 9.17) is 15.3 Å².